The Labute approximate surface area is 126 Å². The SMILES string of the molecule is CNCCC1CCC(=O)N1Cc1cc(F)cc(C(F)(F)F)c1. The van der Waals surface area contributed by atoms with E-state index in [1.54, 1.807) is 11.9 Å². The minimum Gasteiger partial charge on any atom is -0.335 e. The van der Waals surface area contributed by atoms with Crippen molar-refractivity contribution in [2.75, 3.05) is 13.6 Å². The van der Waals surface area contributed by atoms with E-state index in [0.717, 1.165) is 18.6 Å². The highest BCUT2D eigenvalue weighted by Gasteiger charge is 2.33. The Hall–Kier alpha value is -1.63. The first kappa shape index (κ1) is 16.7. The van der Waals surface area contributed by atoms with Gasteiger partial charge in [0.15, 0.2) is 0 Å². The van der Waals surface area contributed by atoms with Crippen LogP contribution in [0.5, 0.6) is 0 Å². The Kier molecular flexibility index (Phi) is 5.05. The molecular weight excluding hydrogens is 300 g/mol. The van der Waals surface area contributed by atoms with Crippen LogP contribution in [0.15, 0.2) is 18.2 Å². The Bertz CT molecular complexity index is 545. The molecule has 22 heavy (non-hydrogen) atoms. The molecule has 1 aromatic rings. The molecule has 1 saturated heterocycles. The van der Waals surface area contributed by atoms with Crippen molar-refractivity contribution in [1.82, 2.24) is 10.2 Å². The normalized spacial score (nSPS) is 19.0. The van der Waals surface area contributed by atoms with E-state index < -0.39 is 17.6 Å². The number of amides is 1. The van der Waals surface area contributed by atoms with E-state index in [1.807, 2.05) is 0 Å². The molecule has 1 heterocycles. The van der Waals surface area contributed by atoms with E-state index >= 15 is 0 Å². The molecule has 1 N–H and O–H groups in total. The third-order valence-corrected chi connectivity index (χ3v) is 3.82. The Morgan fingerprint density at radius 2 is 2.05 bits per heavy atom. The lowest BCUT2D eigenvalue weighted by Gasteiger charge is -2.25. The van der Waals surface area contributed by atoms with Gasteiger partial charge in [-0.25, -0.2) is 4.39 Å². The smallest absolute Gasteiger partial charge is 0.335 e. The topological polar surface area (TPSA) is 32.3 Å². The van der Waals surface area contributed by atoms with Gasteiger partial charge < -0.3 is 10.2 Å². The monoisotopic (exact) mass is 318 g/mol. The highest BCUT2D eigenvalue weighted by Crippen LogP contribution is 2.31. The highest BCUT2D eigenvalue weighted by molar-refractivity contribution is 5.78. The summed E-state index contributed by atoms with van der Waals surface area (Å²) in [6, 6.07) is 2.41. The van der Waals surface area contributed by atoms with E-state index in [9.17, 15) is 22.4 Å². The second-order valence-electron chi connectivity index (χ2n) is 5.45. The molecule has 2 rings (SSSR count). The highest BCUT2D eigenvalue weighted by atomic mass is 19.4. The maximum atomic E-state index is 13.4. The first-order valence-corrected chi connectivity index (χ1v) is 7.12. The molecule has 1 aromatic carbocycles. The molecule has 1 aliphatic rings. The summed E-state index contributed by atoms with van der Waals surface area (Å²) in [7, 11) is 1.79. The number of carbonyl (C=O) groups excluding carboxylic acids is 1. The number of nitrogens with zero attached hydrogens (tertiary/aromatic N) is 1. The van der Waals surface area contributed by atoms with Crippen LogP contribution < -0.4 is 5.32 Å². The van der Waals surface area contributed by atoms with Gasteiger partial charge in [-0.15, -0.1) is 0 Å². The summed E-state index contributed by atoms with van der Waals surface area (Å²) >= 11 is 0. The van der Waals surface area contributed by atoms with E-state index in [4.69, 9.17) is 0 Å². The van der Waals surface area contributed by atoms with Crippen molar-refractivity contribution in [3.05, 3.63) is 35.1 Å². The van der Waals surface area contributed by atoms with Crippen LogP contribution in [-0.2, 0) is 17.5 Å². The Morgan fingerprint density at radius 3 is 2.68 bits per heavy atom. The average molecular weight is 318 g/mol. The van der Waals surface area contributed by atoms with Crippen molar-refractivity contribution in [1.29, 1.82) is 0 Å². The van der Waals surface area contributed by atoms with Crippen molar-refractivity contribution in [3.8, 4) is 0 Å². The zero-order valence-electron chi connectivity index (χ0n) is 12.2. The molecule has 1 amide bonds. The minimum atomic E-state index is -4.60. The van der Waals surface area contributed by atoms with E-state index in [2.05, 4.69) is 5.32 Å². The van der Waals surface area contributed by atoms with Crippen molar-refractivity contribution in [2.24, 2.45) is 0 Å². The van der Waals surface area contributed by atoms with Crippen LogP contribution in [0.3, 0.4) is 0 Å². The molecule has 1 fully saturated rings. The maximum Gasteiger partial charge on any atom is 0.416 e. The lowest BCUT2D eigenvalue weighted by molar-refractivity contribution is -0.137. The summed E-state index contributed by atoms with van der Waals surface area (Å²) in [6.45, 7) is 0.722. The van der Waals surface area contributed by atoms with E-state index in [0.29, 0.717) is 25.5 Å². The average Bonchev–Trinajstić information content (AvgIpc) is 2.76. The number of alkyl halides is 3. The fraction of sp³-hybridized carbons (Fsp3) is 0.533. The van der Waals surface area contributed by atoms with Crippen LogP contribution in [0, 0.1) is 5.82 Å². The number of carbonyl (C=O) groups is 1. The standard InChI is InChI=1S/C15H18F4N2O/c1-20-5-4-13-2-3-14(22)21(13)9-10-6-11(15(17,18)19)8-12(16)7-10/h6-8,13,20H,2-5,9H2,1H3. The third kappa shape index (κ3) is 3.97. The molecule has 0 aromatic heterocycles. The number of hydrogen-bond acceptors (Lipinski definition) is 2. The second-order valence-corrected chi connectivity index (χ2v) is 5.45. The molecule has 122 valence electrons. The molecule has 0 saturated carbocycles. The van der Waals surface area contributed by atoms with Crippen molar-refractivity contribution >= 4 is 5.91 Å². The van der Waals surface area contributed by atoms with Gasteiger partial charge in [-0.3, -0.25) is 4.79 Å². The maximum absolute atomic E-state index is 13.4. The zero-order chi connectivity index (χ0) is 16.3. The first-order valence-electron chi connectivity index (χ1n) is 7.12. The first-order chi connectivity index (χ1) is 10.3. The van der Waals surface area contributed by atoms with Gasteiger partial charge in [-0.1, -0.05) is 0 Å². The number of hydrogen-bond donors (Lipinski definition) is 1. The van der Waals surface area contributed by atoms with E-state index in [-0.39, 0.29) is 24.1 Å². The molecule has 1 aliphatic heterocycles. The van der Waals surface area contributed by atoms with Gasteiger partial charge in [0.25, 0.3) is 0 Å². The summed E-state index contributed by atoms with van der Waals surface area (Å²) in [4.78, 5) is 13.5. The van der Waals surface area contributed by atoms with E-state index in [1.165, 1.54) is 0 Å². The fourth-order valence-corrected chi connectivity index (χ4v) is 2.72. The molecule has 0 spiro atoms. The van der Waals surface area contributed by atoms with Gasteiger partial charge in [0, 0.05) is 19.0 Å². The zero-order valence-corrected chi connectivity index (χ0v) is 12.2. The Morgan fingerprint density at radius 1 is 1.32 bits per heavy atom. The van der Waals surface area contributed by atoms with Gasteiger partial charge in [-0.05, 0) is 50.2 Å². The van der Waals surface area contributed by atoms with Crippen molar-refractivity contribution < 1.29 is 22.4 Å². The summed E-state index contributed by atoms with van der Waals surface area (Å²) in [5.74, 6) is -1.04. The van der Waals surface area contributed by atoms with Crippen LogP contribution in [-0.4, -0.2) is 30.4 Å². The van der Waals surface area contributed by atoms with Gasteiger partial charge in [0.2, 0.25) is 5.91 Å². The quantitative estimate of drug-likeness (QED) is 0.847. The number of halogens is 4. The van der Waals surface area contributed by atoms with Gasteiger partial charge in [0.05, 0.1) is 5.56 Å². The van der Waals surface area contributed by atoms with Crippen LogP contribution in [0.1, 0.15) is 30.4 Å². The van der Waals surface area contributed by atoms with Crippen molar-refractivity contribution in [2.45, 2.75) is 38.0 Å². The molecule has 0 radical (unpaired) electrons. The van der Waals surface area contributed by atoms with Crippen LogP contribution in [0.2, 0.25) is 0 Å². The second kappa shape index (κ2) is 6.64. The molecular formula is C15H18F4N2O. The molecule has 1 unspecified atom stereocenters. The molecule has 7 heteroatoms. The number of benzene rings is 1. The third-order valence-electron chi connectivity index (χ3n) is 3.82. The number of rotatable bonds is 5. The number of likely N-dealkylation sites (tertiary alicyclic amines) is 1. The predicted molar refractivity (Wildman–Crippen MR) is 73.5 cm³/mol. The molecule has 0 bridgehead atoms. The minimum absolute atomic E-state index is 0.00799. The molecule has 0 aliphatic carbocycles. The lowest BCUT2D eigenvalue weighted by atomic mass is 10.1. The van der Waals surface area contributed by atoms with Gasteiger partial charge >= 0.3 is 6.18 Å². The van der Waals surface area contributed by atoms with Crippen LogP contribution in [0.25, 0.3) is 0 Å². The summed E-state index contributed by atoms with van der Waals surface area (Å²) < 4.78 is 51.6. The number of nitrogens with one attached hydrogen (secondary N) is 1. The summed E-state index contributed by atoms with van der Waals surface area (Å²) in [6.07, 6.45) is -2.81. The predicted octanol–water partition coefficient (Wildman–Crippen LogP) is 2.95. The van der Waals surface area contributed by atoms with Gasteiger partial charge in [0.1, 0.15) is 5.82 Å². The largest absolute Gasteiger partial charge is 0.416 e. The van der Waals surface area contributed by atoms with Crippen molar-refractivity contribution in [3.63, 3.8) is 0 Å². The van der Waals surface area contributed by atoms with Crippen LogP contribution in [0.4, 0.5) is 17.6 Å². The summed E-state index contributed by atoms with van der Waals surface area (Å²) in [5, 5.41) is 2.99. The molecule has 3 nitrogen and oxygen atoms in total. The fourth-order valence-electron chi connectivity index (χ4n) is 2.72. The lowest BCUT2D eigenvalue weighted by Crippen LogP contribution is -2.34. The van der Waals surface area contributed by atoms with Crippen LogP contribution >= 0.6 is 0 Å². The molecule has 1 atom stereocenters. The summed E-state index contributed by atoms with van der Waals surface area (Å²) in [5.41, 5.74) is -0.863. The van der Waals surface area contributed by atoms with Gasteiger partial charge in [-0.2, -0.15) is 13.2 Å². The Balaban J connectivity index is 2.18.